The van der Waals surface area contributed by atoms with Gasteiger partial charge in [-0.1, -0.05) is 23.7 Å². The molecule has 0 aliphatic carbocycles. The highest BCUT2D eigenvalue weighted by Crippen LogP contribution is 2.25. The van der Waals surface area contributed by atoms with Crippen molar-refractivity contribution in [2.24, 2.45) is 0 Å². The maximum atomic E-state index is 11.4. The molecule has 2 rings (SSSR count). The molecule has 5 heteroatoms. The molecule has 1 heterocycles. The van der Waals surface area contributed by atoms with Crippen LogP contribution >= 0.6 is 11.6 Å². The van der Waals surface area contributed by atoms with Gasteiger partial charge in [-0.25, -0.2) is 0 Å². The first kappa shape index (κ1) is 13.5. The number of likely N-dealkylation sites (N-methyl/N-ethyl adjacent to an activating group) is 1. The topological polar surface area (TPSA) is 52.6 Å². The predicted molar refractivity (Wildman–Crippen MR) is 75.2 cm³/mol. The van der Waals surface area contributed by atoms with Gasteiger partial charge >= 0.3 is 0 Å². The molecule has 0 aromatic heterocycles. The van der Waals surface area contributed by atoms with Crippen LogP contribution in [-0.4, -0.2) is 29.5 Å². The number of nitrogens with one attached hydrogen (secondary N) is 1. The van der Waals surface area contributed by atoms with Gasteiger partial charge in [0.2, 0.25) is 5.91 Å². The van der Waals surface area contributed by atoms with E-state index in [1.165, 1.54) is 6.54 Å². The molecule has 99 valence electrons. The van der Waals surface area contributed by atoms with E-state index in [2.05, 4.69) is 5.32 Å². The third-order valence-corrected chi connectivity index (χ3v) is 2.90. The van der Waals surface area contributed by atoms with Gasteiger partial charge in [-0.15, -0.1) is 0 Å². The Balaban J connectivity index is 2.25. The molecule has 1 amide bonds. The van der Waals surface area contributed by atoms with Crippen molar-refractivity contribution in [1.29, 1.82) is 0 Å². The lowest BCUT2D eigenvalue weighted by atomic mass is 10.0. The van der Waals surface area contributed by atoms with Crippen molar-refractivity contribution in [2.75, 3.05) is 13.6 Å². The zero-order valence-corrected chi connectivity index (χ0v) is 11.2. The third-order valence-electron chi connectivity index (χ3n) is 2.67. The quantitative estimate of drug-likeness (QED) is 0.892. The summed E-state index contributed by atoms with van der Waals surface area (Å²) in [6.45, 7) is 1.65. The first-order valence-corrected chi connectivity index (χ1v) is 6.16. The fraction of sp³-hybridized carbons (Fsp3) is 0.143. The van der Waals surface area contributed by atoms with Gasteiger partial charge in [-0.05, 0) is 23.8 Å². The summed E-state index contributed by atoms with van der Waals surface area (Å²) < 4.78 is 0. The molecule has 1 aliphatic rings. The number of nitrogens with zero attached hydrogens (tertiary/aromatic N) is 1. The van der Waals surface area contributed by atoms with E-state index in [1.54, 1.807) is 36.4 Å². The van der Waals surface area contributed by atoms with Crippen LogP contribution in [0.3, 0.4) is 0 Å². The van der Waals surface area contributed by atoms with Gasteiger partial charge in [0.1, 0.15) is 12.3 Å². The highest BCUT2D eigenvalue weighted by Gasteiger charge is 2.15. The summed E-state index contributed by atoms with van der Waals surface area (Å²) in [6, 6.07) is 7.32. The van der Waals surface area contributed by atoms with Crippen molar-refractivity contribution < 1.29 is 9.90 Å². The Morgan fingerprint density at radius 1 is 1.47 bits per heavy atom. The van der Waals surface area contributed by atoms with Crippen molar-refractivity contribution in [3.8, 4) is 0 Å². The Morgan fingerprint density at radius 3 is 2.95 bits per heavy atom. The van der Waals surface area contributed by atoms with Crippen LogP contribution < -0.4 is 5.32 Å². The highest BCUT2D eigenvalue weighted by atomic mass is 35.5. The van der Waals surface area contributed by atoms with Gasteiger partial charge in [-0.2, -0.15) is 0 Å². The maximum absolute atomic E-state index is 11.4. The predicted octanol–water partition coefficient (Wildman–Crippen LogP) is 2.35. The number of carbonyl (C=O) groups is 1. The molecular formula is C14H14ClN2O2. The van der Waals surface area contributed by atoms with Crippen molar-refractivity contribution >= 4 is 23.1 Å². The van der Waals surface area contributed by atoms with Gasteiger partial charge in [-0.3, -0.25) is 4.79 Å². The summed E-state index contributed by atoms with van der Waals surface area (Å²) in [4.78, 5) is 13.0. The van der Waals surface area contributed by atoms with E-state index in [1.807, 2.05) is 12.1 Å². The Kier molecular flexibility index (Phi) is 4.12. The van der Waals surface area contributed by atoms with E-state index in [0.29, 0.717) is 5.02 Å². The van der Waals surface area contributed by atoms with Crippen LogP contribution in [0.2, 0.25) is 5.02 Å². The first-order valence-electron chi connectivity index (χ1n) is 5.78. The molecule has 0 fully saturated rings. The van der Waals surface area contributed by atoms with Crippen molar-refractivity contribution in [2.45, 2.75) is 0 Å². The molecule has 0 atom stereocenters. The van der Waals surface area contributed by atoms with E-state index in [-0.39, 0.29) is 18.2 Å². The zero-order valence-electron chi connectivity index (χ0n) is 10.4. The standard InChI is InChI=1S/C14H14ClN2O2/c1-16-14(19)9-17-7-11(6-13(18)8-17)10-3-2-4-12(15)5-10/h2-8,18H,9H2,1H3,(H,16,19). The molecule has 0 spiro atoms. The van der Waals surface area contributed by atoms with Gasteiger partial charge in [0, 0.05) is 23.8 Å². The summed E-state index contributed by atoms with van der Waals surface area (Å²) in [7, 11) is 1.57. The highest BCUT2D eigenvalue weighted by molar-refractivity contribution is 6.30. The van der Waals surface area contributed by atoms with Crippen LogP contribution in [0.15, 0.2) is 42.3 Å². The van der Waals surface area contributed by atoms with E-state index < -0.39 is 0 Å². The molecule has 0 saturated heterocycles. The molecular weight excluding hydrogens is 264 g/mol. The molecule has 0 saturated carbocycles. The summed E-state index contributed by atoms with van der Waals surface area (Å²) in [5, 5.41) is 12.9. The second kappa shape index (κ2) is 5.80. The molecule has 1 radical (unpaired) electrons. The molecule has 1 aromatic carbocycles. The largest absolute Gasteiger partial charge is 0.510 e. The lowest BCUT2D eigenvalue weighted by molar-refractivity contribution is -0.120. The van der Waals surface area contributed by atoms with Gasteiger partial charge in [0.15, 0.2) is 0 Å². The summed E-state index contributed by atoms with van der Waals surface area (Å²) in [5.74, 6) is -0.0333. The second-order valence-electron chi connectivity index (χ2n) is 4.14. The van der Waals surface area contributed by atoms with E-state index in [9.17, 15) is 9.90 Å². The van der Waals surface area contributed by atoms with Gasteiger partial charge in [0.05, 0.1) is 6.54 Å². The van der Waals surface area contributed by atoms with Crippen LogP contribution in [0, 0.1) is 6.54 Å². The number of halogens is 1. The SMILES string of the molecule is CNC(=O)CN1[CH]C(O)=CC(c2cccc(Cl)c2)=C1. The Labute approximate surface area is 117 Å². The van der Waals surface area contributed by atoms with Crippen LogP contribution in [0.1, 0.15) is 5.56 Å². The van der Waals surface area contributed by atoms with Crippen molar-refractivity contribution in [1.82, 2.24) is 10.2 Å². The molecule has 2 N–H and O–H groups in total. The Hall–Kier alpha value is -1.94. The third kappa shape index (κ3) is 3.51. The minimum Gasteiger partial charge on any atom is -0.510 e. The first-order chi connectivity index (χ1) is 9.08. The number of hydrogen-bond acceptors (Lipinski definition) is 3. The zero-order chi connectivity index (χ0) is 13.8. The summed E-state index contributed by atoms with van der Waals surface area (Å²) >= 11 is 5.95. The Morgan fingerprint density at radius 2 is 2.26 bits per heavy atom. The fourth-order valence-corrected chi connectivity index (χ4v) is 1.97. The van der Waals surface area contributed by atoms with E-state index in [4.69, 9.17) is 11.6 Å². The average Bonchev–Trinajstić information content (AvgIpc) is 2.38. The van der Waals surface area contributed by atoms with Crippen LogP contribution in [-0.2, 0) is 4.79 Å². The number of benzene rings is 1. The van der Waals surface area contributed by atoms with Crippen LogP contribution in [0.5, 0.6) is 0 Å². The molecule has 4 nitrogen and oxygen atoms in total. The minimum absolute atomic E-state index is 0.0985. The van der Waals surface area contributed by atoms with E-state index in [0.717, 1.165) is 11.1 Å². The summed E-state index contributed by atoms with van der Waals surface area (Å²) in [6.07, 6.45) is 3.42. The van der Waals surface area contributed by atoms with E-state index >= 15 is 0 Å². The molecule has 1 aromatic rings. The van der Waals surface area contributed by atoms with Crippen LogP contribution in [0.25, 0.3) is 5.57 Å². The van der Waals surface area contributed by atoms with Crippen molar-refractivity contribution in [3.05, 3.63) is 59.4 Å². The average molecular weight is 278 g/mol. The number of amides is 1. The number of aliphatic hydroxyl groups is 1. The van der Waals surface area contributed by atoms with Crippen molar-refractivity contribution in [3.63, 3.8) is 0 Å². The lowest BCUT2D eigenvalue weighted by Gasteiger charge is -2.23. The molecule has 0 unspecified atom stereocenters. The number of hydrogen-bond donors (Lipinski definition) is 2. The van der Waals surface area contributed by atoms with Gasteiger partial charge < -0.3 is 15.3 Å². The number of allylic oxidation sites excluding steroid dienone is 2. The lowest BCUT2D eigenvalue weighted by Crippen LogP contribution is -2.32. The normalized spacial score (nSPS) is 14.7. The smallest absolute Gasteiger partial charge is 0.239 e. The minimum atomic E-state index is -0.132. The van der Waals surface area contributed by atoms with Gasteiger partial charge in [0.25, 0.3) is 0 Å². The summed E-state index contributed by atoms with van der Waals surface area (Å²) in [5.41, 5.74) is 1.68. The number of rotatable bonds is 3. The second-order valence-corrected chi connectivity index (χ2v) is 4.58. The molecule has 19 heavy (non-hydrogen) atoms. The number of carbonyl (C=O) groups excluding carboxylic acids is 1. The molecule has 1 aliphatic heterocycles. The monoisotopic (exact) mass is 277 g/mol. The Bertz CT molecular complexity index is 552. The fourth-order valence-electron chi connectivity index (χ4n) is 1.78. The number of aliphatic hydroxyl groups excluding tert-OH is 1. The maximum Gasteiger partial charge on any atom is 0.239 e. The molecule has 0 bridgehead atoms. The van der Waals surface area contributed by atoms with Crippen LogP contribution in [0.4, 0.5) is 0 Å².